The van der Waals surface area contributed by atoms with E-state index in [1.807, 2.05) is 6.92 Å². The molecule has 142 valence electrons. The van der Waals surface area contributed by atoms with Gasteiger partial charge in [-0.25, -0.2) is 0 Å². The predicted molar refractivity (Wildman–Crippen MR) is 110 cm³/mol. The molecule has 0 fully saturated rings. The van der Waals surface area contributed by atoms with Crippen molar-refractivity contribution in [2.24, 2.45) is 0 Å². The molecule has 1 N–H and O–H groups in total. The normalized spacial score (nSPS) is 10.5. The number of carbonyl (C=O) groups is 1. The Balaban J connectivity index is 1.61. The Hall–Kier alpha value is -2.97. The lowest BCUT2D eigenvalue weighted by molar-refractivity contribution is -0.384. The Morgan fingerprint density at radius 3 is 2.68 bits per heavy atom. The van der Waals surface area contributed by atoms with Crippen molar-refractivity contribution >= 4 is 40.6 Å². The summed E-state index contributed by atoms with van der Waals surface area (Å²) in [5, 5.41) is 23.0. The number of hydrogen-bond acceptors (Lipinski definition) is 6. The molecule has 0 bridgehead atoms. The van der Waals surface area contributed by atoms with E-state index in [-0.39, 0.29) is 17.3 Å². The van der Waals surface area contributed by atoms with Gasteiger partial charge in [0.05, 0.1) is 16.4 Å². The quantitative estimate of drug-likeness (QED) is 0.355. The summed E-state index contributed by atoms with van der Waals surface area (Å²) in [6.07, 6.45) is 0. The number of carbonyl (C=O) groups excluding carboxylic acids is 1. The molecule has 0 atom stereocenters. The van der Waals surface area contributed by atoms with Gasteiger partial charge in [-0.15, -0.1) is 10.2 Å². The van der Waals surface area contributed by atoms with Gasteiger partial charge in [0.15, 0.2) is 0 Å². The fourth-order valence-electron chi connectivity index (χ4n) is 2.40. The average molecular weight is 415 g/mol. The van der Waals surface area contributed by atoms with Crippen LogP contribution in [0.3, 0.4) is 0 Å². The molecule has 0 radical (unpaired) electrons. The van der Waals surface area contributed by atoms with Crippen LogP contribution < -0.4 is 5.32 Å². The van der Waals surface area contributed by atoms with E-state index >= 15 is 0 Å². The zero-order valence-electron chi connectivity index (χ0n) is 14.8. The van der Waals surface area contributed by atoms with E-state index < -0.39 is 4.92 Å². The van der Waals surface area contributed by atoms with Crippen LogP contribution in [0.15, 0.2) is 59.6 Å². The van der Waals surface area contributed by atoms with Crippen LogP contribution in [0.2, 0.25) is 5.02 Å². The van der Waals surface area contributed by atoms with Crippen molar-refractivity contribution in [1.29, 1.82) is 0 Å². The summed E-state index contributed by atoms with van der Waals surface area (Å²) in [5.74, 6) is -0.0171. The SMILES string of the molecule is Cc1c(Cl)cccc1NC(=O)CSc1ccc(-c2cccc([N+](=O)[O-])c2)nn1. The van der Waals surface area contributed by atoms with E-state index in [2.05, 4.69) is 15.5 Å². The minimum Gasteiger partial charge on any atom is -0.325 e. The molecular weight excluding hydrogens is 400 g/mol. The van der Waals surface area contributed by atoms with Gasteiger partial charge in [0.1, 0.15) is 5.03 Å². The van der Waals surface area contributed by atoms with Crippen LogP contribution in [0, 0.1) is 17.0 Å². The molecular formula is C19H15ClN4O3S. The second kappa shape index (κ2) is 8.81. The van der Waals surface area contributed by atoms with E-state index in [1.165, 1.54) is 23.9 Å². The molecule has 1 amide bonds. The van der Waals surface area contributed by atoms with Crippen molar-refractivity contribution in [3.8, 4) is 11.3 Å². The first-order chi connectivity index (χ1) is 13.4. The molecule has 0 saturated heterocycles. The highest BCUT2D eigenvalue weighted by molar-refractivity contribution is 7.99. The van der Waals surface area contributed by atoms with E-state index in [0.717, 1.165) is 5.56 Å². The Labute approximate surface area is 170 Å². The number of rotatable bonds is 6. The fraction of sp³-hybridized carbons (Fsp3) is 0.105. The number of nitrogens with one attached hydrogen (secondary N) is 1. The first kappa shape index (κ1) is 19.8. The van der Waals surface area contributed by atoms with E-state index in [0.29, 0.717) is 27.0 Å². The van der Waals surface area contributed by atoms with Gasteiger partial charge in [-0.2, -0.15) is 0 Å². The van der Waals surface area contributed by atoms with Gasteiger partial charge in [0, 0.05) is 28.4 Å². The Kier molecular flexibility index (Phi) is 6.23. The molecule has 2 aromatic carbocycles. The van der Waals surface area contributed by atoms with Crippen molar-refractivity contribution in [3.63, 3.8) is 0 Å². The summed E-state index contributed by atoms with van der Waals surface area (Å²) in [6, 6.07) is 15.0. The minimum absolute atomic E-state index is 0.00858. The van der Waals surface area contributed by atoms with E-state index in [9.17, 15) is 14.9 Å². The number of nitrogens with zero attached hydrogens (tertiary/aromatic N) is 3. The van der Waals surface area contributed by atoms with Crippen molar-refractivity contribution in [2.45, 2.75) is 11.9 Å². The van der Waals surface area contributed by atoms with Crippen molar-refractivity contribution < 1.29 is 9.72 Å². The van der Waals surface area contributed by atoms with Crippen molar-refractivity contribution in [1.82, 2.24) is 10.2 Å². The summed E-state index contributed by atoms with van der Waals surface area (Å²) in [6.45, 7) is 1.84. The third-order valence-electron chi connectivity index (χ3n) is 3.89. The topological polar surface area (TPSA) is 98.0 Å². The van der Waals surface area contributed by atoms with Crippen LogP contribution in [0.5, 0.6) is 0 Å². The molecule has 28 heavy (non-hydrogen) atoms. The number of thioether (sulfide) groups is 1. The van der Waals surface area contributed by atoms with Crippen LogP contribution in [-0.4, -0.2) is 26.8 Å². The molecule has 0 aliphatic carbocycles. The van der Waals surface area contributed by atoms with Gasteiger partial charge in [0.2, 0.25) is 5.91 Å². The number of halogens is 1. The van der Waals surface area contributed by atoms with Gasteiger partial charge in [-0.1, -0.05) is 41.6 Å². The van der Waals surface area contributed by atoms with Gasteiger partial charge in [0.25, 0.3) is 5.69 Å². The largest absolute Gasteiger partial charge is 0.325 e. The van der Waals surface area contributed by atoms with Crippen LogP contribution in [-0.2, 0) is 4.79 Å². The predicted octanol–water partition coefficient (Wildman–Crippen LogP) is 4.74. The molecule has 1 heterocycles. The van der Waals surface area contributed by atoms with Gasteiger partial charge in [-0.3, -0.25) is 14.9 Å². The maximum absolute atomic E-state index is 12.2. The Bertz CT molecular complexity index is 1030. The monoisotopic (exact) mass is 414 g/mol. The standard InChI is InChI=1S/C19H15ClN4O3S/c1-12-15(20)6-3-7-16(12)21-18(25)11-28-19-9-8-17(22-23-19)13-4-2-5-14(10-13)24(26)27/h2-10H,11H2,1H3,(H,21,25). The zero-order valence-corrected chi connectivity index (χ0v) is 16.3. The lowest BCUT2D eigenvalue weighted by Gasteiger charge is -2.09. The van der Waals surface area contributed by atoms with Crippen LogP contribution in [0.1, 0.15) is 5.56 Å². The highest BCUT2D eigenvalue weighted by Gasteiger charge is 2.10. The smallest absolute Gasteiger partial charge is 0.270 e. The van der Waals surface area contributed by atoms with Gasteiger partial charge < -0.3 is 5.32 Å². The summed E-state index contributed by atoms with van der Waals surface area (Å²) in [7, 11) is 0. The number of hydrogen-bond donors (Lipinski definition) is 1. The minimum atomic E-state index is -0.457. The number of anilines is 1. The Morgan fingerprint density at radius 1 is 1.18 bits per heavy atom. The molecule has 1 aromatic heterocycles. The van der Waals surface area contributed by atoms with Crippen LogP contribution in [0.4, 0.5) is 11.4 Å². The molecule has 0 saturated carbocycles. The third kappa shape index (κ3) is 4.85. The maximum Gasteiger partial charge on any atom is 0.270 e. The molecule has 0 aliphatic heterocycles. The number of aromatic nitrogens is 2. The highest BCUT2D eigenvalue weighted by atomic mass is 35.5. The average Bonchev–Trinajstić information content (AvgIpc) is 2.70. The summed E-state index contributed by atoms with van der Waals surface area (Å²) in [5.41, 5.74) is 2.60. The number of nitro groups is 1. The number of benzene rings is 2. The Morgan fingerprint density at radius 2 is 1.96 bits per heavy atom. The van der Waals surface area contributed by atoms with Crippen LogP contribution >= 0.6 is 23.4 Å². The van der Waals surface area contributed by atoms with Crippen molar-refractivity contribution in [3.05, 3.63) is 75.3 Å². The molecule has 9 heteroatoms. The number of nitro benzene ring substituents is 1. The van der Waals surface area contributed by atoms with Crippen molar-refractivity contribution in [2.75, 3.05) is 11.1 Å². The summed E-state index contributed by atoms with van der Waals surface area (Å²) >= 11 is 7.29. The second-order valence-corrected chi connectivity index (χ2v) is 7.22. The van der Waals surface area contributed by atoms with E-state index in [4.69, 9.17) is 11.6 Å². The van der Waals surface area contributed by atoms with E-state index in [1.54, 1.807) is 42.5 Å². The first-order valence-corrected chi connectivity index (χ1v) is 9.57. The third-order valence-corrected chi connectivity index (χ3v) is 5.22. The summed E-state index contributed by atoms with van der Waals surface area (Å²) < 4.78 is 0. The highest BCUT2D eigenvalue weighted by Crippen LogP contribution is 2.25. The summed E-state index contributed by atoms with van der Waals surface area (Å²) in [4.78, 5) is 22.6. The van der Waals surface area contributed by atoms with Gasteiger partial charge >= 0.3 is 0 Å². The molecule has 3 aromatic rings. The lowest BCUT2D eigenvalue weighted by Crippen LogP contribution is -2.15. The number of amides is 1. The molecule has 0 unspecified atom stereocenters. The molecule has 7 nitrogen and oxygen atoms in total. The molecule has 3 rings (SSSR count). The maximum atomic E-state index is 12.2. The van der Waals surface area contributed by atoms with Crippen LogP contribution in [0.25, 0.3) is 11.3 Å². The molecule has 0 aliphatic rings. The first-order valence-electron chi connectivity index (χ1n) is 8.20. The second-order valence-electron chi connectivity index (χ2n) is 5.81. The zero-order chi connectivity index (χ0) is 20.1. The molecule has 0 spiro atoms. The fourth-order valence-corrected chi connectivity index (χ4v) is 3.19. The van der Waals surface area contributed by atoms with Gasteiger partial charge in [-0.05, 0) is 36.8 Å². The number of non-ortho nitro benzene ring substituents is 1. The lowest BCUT2D eigenvalue weighted by atomic mass is 10.1.